The number of amides is 1. The molecule has 2 aliphatic rings. The lowest BCUT2D eigenvalue weighted by Crippen LogP contribution is -2.53. The summed E-state index contributed by atoms with van der Waals surface area (Å²) in [6.45, 7) is 4.40. The molecule has 3 aromatic rings. The number of rotatable bonds is 15. The van der Waals surface area contributed by atoms with Crippen molar-refractivity contribution in [1.82, 2.24) is 4.90 Å². The Labute approximate surface area is 269 Å². The van der Waals surface area contributed by atoms with Gasteiger partial charge >= 0.3 is 6.09 Å². The molecule has 3 aromatic carbocycles. The van der Waals surface area contributed by atoms with Crippen LogP contribution in [0.15, 0.2) is 66.7 Å². The van der Waals surface area contributed by atoms with Gasteiger partial charge in [-0.3, -0.25) is 0 Å². The number of aliphatic hydroxyl groups excluding tert-OH is 1. The van der Waals surface area contributed by atoms with Crippen molar-refractivity contribution in [2.45, 2.75) is 44.2 Å². The number of carbonyl (C=O) groups is 1. The number of anilines is 1. The van der Waals surface area contributed by atoms with Gasteiger partial charge < -0.3 is 43.7 Å². The smallest absolute Gasteiger partial charge is 0.407 e. The van der Waals surface area contributed by atoms with Crippen molar-refractivity contribution in [2.75, 3.05) is 64.6 Å². The third kappa shape index (κ3) is 8.88. The fourth-order valence-electron chi connectivity index (χ4n) is 5.92. The van der Waals surface area contributed by atoms with Crippen LogP contribution in [0.1, 0.15) is 35.4 Å². The number of piperidine rings is 1. The van der Waals surface area contributed by atoms with E-state index in [1.165, 1.54) is 11.0 Å². The van der Waals surface area contributed by atoms with E-state index in [-0.39, 0.29) is 32.1 Å². The van der Waals surface area contributed by atoms with E-state index in [4.69, 9.17) is 23.7 Å². The van der Waals surface area contributed by atoms with E-state index >= 15 is 0 Å². The maximum absolute atomic E-state index is 13.7. The van der Waals surface area contributed by atoms with Crippen molar-refractivity contribution >= 4 is 11.8 Å². The first-order valence-corrected chi connectivity index (χ1v) is 15.7. The van der Waals surface area contributed by atoms with Crippen LogP contribution in [0.5, 0.6) is 11.5 Å². The first-order valence-electron chi connectivity index (χ1n) is 15.7. The molecule has 2 N–H and O–H groups in total. The molecule has 1 fully saturated rings. The monoisotopic (exact) mass is 638 g/mol. The van der Waals surface area contributed by atoms with E-state index < -0.39 is 24.2 Å². The van der Waals surface area contributed by atoms with Gasteiger partial charge in [0.2, 0.25) is 0 Å². The minimum atomic E-state index is -1.09. The number of hydrogen-bond acceptors (Lipinski definition) is 8. The van der Waals surface area contributed by atoms with Crippen molar-refractivity contribution in [3.05, 3.63) is 89.2 Å². The van der Waals surface area contributed by atoms with Crippen LogP contribution < -0.4 is 14.4 Å². The molecule has 0 saturated carbocycles. The van der Waals surface area contributed by atoms with Gasteiger partial charge in [-0.25, -0.2) is 9.18 Å². The zero-order chi connectivity index (χ0) is 32.3. The molecule has 5 rings (SSSR count). The van der Waals surface area contributed by atoms with E-state index in [1.54, 1.807) is 25.3 Å². The standard InChI is InChI=1S/C35H43FN2O8/c1-42-16-4-14-37-15-19-45-32-13-8-25(20-30(32)37)23-46-33-22-38(35(40)41)21-31(39)34(33)26-9-11-28(12-10-26)44-18-5-17-43-24-27-6-2-3-7-29(27)36/h2-3,6-13,20,31,33-34,39H,4-5,14-19,21-24H2,1H3,(H,40,41). The molecular weight excluding hydrogens is 595 g/mol. The number of hydrogen-bond donors (Lipinski definition) is 2. The van der Waals surface area contributed by atoms with Crippen molar-refractivity contribution in [1.29, 1.82) is 0 Å². The lowest BCUT2D eigenvalue weighted by molar-refractivity contribution is -0.0660. The fourth-order valence-corrected chi connectivity index (χ4v) is 5.92. The SMILES string of the molecule is COCCCN1CCOc2ccc(COC3CN(C(=O)O)CC(O)C3c3ccc(OCCCOCc4ccccc4F)cc3)cc21. The summed E-state index contributed by atoms with van der Waals surface area (Å²) in [5, 5.41) is 20.8. The van der Waals surface area contributed by atoms with E-state index in [0.29, 0.717) is 44.2 Å². The lowest BCUT2D eigenvalue weighted by Gasteiger charge is -2.40. The molecule has 248 valence electrons. The highest BCUT2D eigenvalue weighted by Crippen LogP contribution is 2.35. The van der Waals surface area contributed by atoms with Crippen LogP contribution in [0.4, 0.5) is 14.9 Å². The van der Waals surface area contributed by atoms with Crippen molar-refractivity contribution in [3.63, 3.8) is 0 Å². The van der Waals surface area contributed by atoms with Crippen LogP contribution in [0.25, 0.3) is 0 Å². The van der Waals surface area contributed by atoms with Gasteiger partial charge in [-0.15, -0.1) is 0 Å². The van der Waals surface area contributed by atoms with Gasteiger partial charge in [0.15, 0.2) is 0 Å². The summed E-state index contributed by atoms with van der Waals surface area (Å²) in [5.41, 5.74) is 3.30. The highest BCUT2D eigenvalue weighted by Gasteiger charge is 2.39. The minimum Gasteiger partial charge on any atom is -0.494 e. The van der Waals surface area contributed by atoms with Crippen molar-refractivity contribution in [3.8, 4) is 11.5 Å². The Hall–Kier alpha value is -3.90. The predicted molar refractivity (Wildman–Crippen MR) is 170 cm³/mol. The Morgan fingerprint density at radius 3 is 2.61 bits per heavy atom. The molecule has 10 nitrogen and oxygen atoms in total. The molecule has 0 aromatic heterocycles. The van der Waals surface area contributed by atoms with Crippen LogP contribution in [0, 0.1) is 5.82 Å². The average Bonchev–Trinajstić information content (AvgIpc) is 3.06. The molecule has 1 amide bonds. The van der Waals surface area contributed by atoms with Gasteiger partial charge in [0.25, 0.3) is 0 Å². The molecule has 11 heteroatoms. The number of nitrogens with zero attached hydrogens (tertiary/aromatic N) is 2. The Balaban J connectivity index is 1.18. The Kier molecular flexibility index (Phi) is 12.1. The largest absolute Gasteiger partial charge is 0.494 e. The lowest BCUT2D eigenvalue weighted by atomic mass is 9.84. The maximum Gasteiger partial charge on any atom is 0.407 e. The Bertz CT molecular complexity index is 1410. The molecule has 0 radical (unpaired) electrons. The number of benzene rings is 3. The van der Waals surface area contributed by atoms with Crippen molar-refractivity contribution < 1.29 is 43.1 Å². The van der Waals surface area contributed by atoms with Gasteiger partial charge in [0.1, 0.15) is 23.9 Å². The third-order valence-corrected chi connectivity index (χ3v) is 8.30. The first-order chi connectivity index (χ1) is 22.4. The molecule has 0 aliphatic carbocycles. The third-order valence-electron chi connectivity index (χ3n) is 8.30. The number of likely N-dealkylation sites (tertiary alicyclic amines) is 1. The summed E-state index contributed by atoms with van der Waals surface area (Å²) in [6, 6.07) is 20.0. The van der Waals surface area contributed by atoms with Crippen LogP contribution in [-0.2, 0) is 27.4 Å². The molecule has 1 saturated heterocycles. The number of halogens is 1. The zero-order valence-corrected chi connectivity index (χ0v) is 26.2. The predicted octanol–water partition coefficient (Wildman–Crippen LogP) is 5.07. The Morgan fingerprint density at radius 1 is 1.00 bits per heavy atom. The highest BCUT2D eigenvalue weighted by atomic mass is 19.1. The second kappa shape index (κ2) is 16.6. The topological polar surface area (TPSA) is 110 Å². The molecule has 0 spiro atoms. The van der Waals surface area contributed by atoms with Gasteiger partial charge in [0.05, 0.1) is 64.0 Å². The molecule has 3 atom stereocenters. The van der Waals surface area contributed by atoms with Gasteiger partial charge in [-0.05, 0) is 47.9 Å². The maximum atomic E-state index is 13.7. The number of carboxylic acid groups (broad SMARTS) is 1. The second-order valence-electron chi connectivity index (χ2n) is 11.5. The molecule has 2 heterocycles. The van der Waals surface area contributed by atoms with Gasteiger partial charge in [0, 0.05) is 38.2 Å². The van der Waals surface area contributed by atoms with E-state index in [2.05, 4.69) is 11.0 Å². The summed E-state index contributed by atoms with van der Waals surface area (Å²) >= 11 is 0. The fraction of sp³-hybridized carbons (Fsp3) is 0.457. The number of methoxy groups -OCH3 is 1. The van der Waals surface area contributed by atoms with Crippen LogP contribution in [0.3, 0.4) is 0 Å². The van der Waals surface area contributed by atoms with Crippen LogP contribution in [0.2, 0.25) is 0 Å². The number of fused-ring (bicyclic) bond motifs is 1. The van der Waals surface area contributed by atoms with Crippen molar-refractivity contribution in [2.24, 2.45) is 0 Å². The molecule has 2 aliphatic heterocycles. The van der Waals surface area contributed by atoms with Crippen LogP contribution in [-0.4, -0.2) is 93.1 Å². The molecule has 46 heavy (non-hydrogen) atoms. The summed E-state index contributed by atoms with van der Waals surface area (Å²) in [6.07, 6.45) is -1.06. The van der Waals surface area contributed by atoms with Gasteiger partial charge in [-0.2, -0.15) is 0 Å². The summed E-state index contributed by atoms with van der Waals surface area (Å²) in [4.78, 5) is 15.3. The average molecular weight is 639 g/mol. The second-order valence-corrected chi connectivity index (χ2v) is 11.5. The summed E-state index contributed by atoms with van der Waals surface area (Å²) in [5.74, 6) is 0.787. The summed E-state index contributed by atoms with van der Waals surface area (Å²) < 4.78 is 42.6. The highest BCUT2D eigenvalue weighted by molar-refractivity contribution is 5.65. The number of ether oxygens (including phenoxy) is 5. The van der Waals surface area contributed by atoms with E-state index in [0.717, 1.165) is 42.1 Å². The molecular formula is C35H43FN2O8. The first kappa shape index (κ1) is 33.5. The minimum absolute atomic E-state index is 0.00237. The number of aliphatic hydroxyl groups is 1. The number of β-amino-alcohol motifs (C(OH)–C–C–N with tert-alkyl or cyclic N) is 1. The quantitative estimate of drug-likeness (QED) is 0.221. The normalized spacial score (nSPS) is 19.4. The van der Waals surface area contributed by atoms with Crippen LogP contribution >= 0.6 is 0 Å². The van der Waals surface area contributed by atoms with E-state index in [9.17, 15) is 19.4 Å². The molecule has 3 unspecified atom stereocenters. The summed E-state index contributed by atoms with van der Waals surface area (Å²) in [7, 11) is 1.70. The van der Waals surface area contributed by atoms with E-state index in [1.807, 2.05) is 36.4 Å². The van der Waals surface area contributed by atoms with Gasteiger partial charge in [-0.1, -0.05) is 36.4 Å². The Morgan fingerprint density at radius 2 is 1.83 bits per heavy atom. The molecule has 0 bridgehead atoms. The zero-order valence-electron chi connectivity index (χ0n) is 26.2.